The van der Waals surface area contributed by atoms with E-state index in [1.807, 2.05) is 25.1 Å². The highest BCUT2D eigenvalue weighted by Crippen LogP contribution is 2.19. The molecule has 0 unspecified atom stereocenters. The van der Waals surface area contributed by atoms with Crippen molar-refractivity contribution >= 4 is 23.1 Å². The summed E-state index contributed by atoms with van der Waals surface area (Å²) in [4.78, 5) is 12.2. The van der Waals surface area contributed by atoms with Crippen LogP contribution in [0.5, 0.6) is 0 Å². The van der Waals surface area contributed by atoms with Crippen molar-refractivity contribution in [2.45, 2.75) is 6.92 Å². The molecule has 2 nitrogen and oxygen atoms in total. The van der Waals surface area contributed by atoms with E-state index in [1.165, 1.54) is 0 Å². The molecule has 2 N–H and O–H groups in total. The van der Waals surface area contributed by atoms with Gasteiger partial charge >= 0.3 is 0 Å². The van der Waals surface area contributed by atoms with Gasteiger partial charge in [-0.1, -0.05) is 35.4 Å². The molecule has 0 saturated carbocycles. The molecule has 0 saturated heterocycles. The summed E-state index contributed by atoms with van der Waals surface area (Å²) in [5.74, 6) is -0.0668. The molecule has 0 radical (unpaired) electrons. The van der Waals surface area contributed by atoms with Crippen LogP contribution in [0, 0.1) is 6.92 Å². The van der Waals surface area contributed by atoms with Gasteiger partial charge in [-0.15, -0.1) is 0 Å². The lowest BCUT2D eigenvalue weighted by atomic mass is 10.0. The van der Waals surface area contributed by atoms with Crippen molar-refractivity contribution < 1.29 is 4.79 Å². The Morgan fingerprint density at radius 1 is 1.12 bits per heavy atom. The number of carbonyl (C=O) groups excluding carboxylic acids is 1. The number of halogens is 1. The van der Waals surface area contributed by atoms with E-state index >= 15 is 0 Å². The van der Waals surface area contributed by atoms with E-state index < -0.39 is 0 Å². The van der Waals surface area contributed by atoms with Crippen molar-refractivity contribution in [1.82, 2.24) is 0 Å². The highest BCUT2D eigenvalue weighted by molar-refractivity contribution is 6.31. The molecule has 0 fully saturated rings. The molecule has 0 heterocycles. The minimum Gasteiger partial charge on any atom is -0.399 e. The Hall–Kier alpha value is -1.80. The Morgan fingerprint density at radius 3 is 2.53 bits per heavy atom. The van der Waals surface area contributed by atoms with Crippen LogP contribution >= 0.6 is 11.6 Å². The quantitative estimate of drug-likeness (QED) is 0.650. The van der Waals surface area contributed by atoms with Gasteiger partial charge < -0.3 is 5.73 Å². The second-order valence-corrected chi connectivity index (χ2v) is 4.41. The van der Waals surface area contributed by atoms with Crippen molar-refractivity contribution in [2.75, 3.05) is 5.73 Å². The van der Waals surface area contributed by atoms with E-state index in [4.69, 9.17) is 17.3 Å². The fourth-order valence-corrected chi connectivity index (χ4v) is 1.94. The Kier molecular flexibility index (Phi) is 3.16. The van der Waals surface area contributed by atoms with Gasteiger partial charge in [0.2, 0.25) is 0 Å². The van der Waals surface area contributed by atoms with Crippen LogP contribution < -0.4 is 5.73 Å². The zero-order chi connectivity index (χ0) is 12.4. The van der Waals surface area contributed by atoms with Crippen molar-refractivity contribution in [3.63, 3.8) is 0 Å². The second-order valence-electron chi connectivity index (χ2n) is 3.97. The predicted octanol–water partition coefficient (Wildman–Crippen LogP) is 3.46. The minimum absolute atomic E-state index is 0.0668. The predicted molar refractivity (Wildman–Crippen MR) is 70.5 cm³/mol. The molecule has 0 spiro atoms. The van der Waals surface area contributed by atoms with E-state index in [9.17, 15) is 4.79 Å². The van der Waals surface area contributed by atoms with Crippen LogP contribution in [-0.4, -0.2) is 5.78 Å². The molecule has 0 bridgehead atoms. The first-order valence-electron chi connectivity index (χ1n) is 5.24. The van der Waals surface area contributed by atoms with Crippen LogP contribution in [0.3, 0.4) is 0 Å². The van der Waals surface area contributed by atoms with Crippen molar-refractivity contribution in [3.8, 4) is 0 Å². The topological polar surface area (TPSA) is 43.1 Å². The SMILES string of the molecule is Cc1cccc(C(=O)c2cc(N)cc(Cl)c2)c1. The number of hydrogen-bond donors (Lipinski definition) is 1. The third-order valence-corrected chi connectivity index (χ3v) is 2.68. The molecule has 0 amide bonds. The average molecular weight is 246 g/mol. The van der Waals surface area contributed by atoms with Gasteiger partial charge in [0, 0.05) is 21.8 Å². The van der Waals surface area contributed by atoms with E-state index in [-0.39, 0.29) is 5.78 Å². The number of anilines is 1. The number of nitrogens with two attached hydrogens (primary N) is 1. The molecule has 17 heavy (non-hydrogen) atoms. The number of hydrogen-bond acceptors (Lipinski definition) is 2. The molecular formula is C14H12ClNO. The molecule has 0 atom stereocenters. The Labute approximate surface area is 105 Å². The third-order valence-electron chi connectivity index (χ3n) is 2.46. The molecular weight excluding hydrogens is 234 g/mol. The Morgan fingerprint density at radius 2 is 1.88 bits per heavy atom. The number of rotatable bonds is 2. The fraction of sp³-hybridized carbons (Fsp3) is 0.0714. The fourth-order valence-electron chi connectivity index (χ4n) is 1.70. The molecule has 2 aromatic rings. The summed E-state index contributed by atoms with van der Waals surface area (Å²) < 4.78 is 0. The summed E-state index contributed by atoms with van der Waals surface area (Å²) in [6.45, 7) is 1.95. The zero-order valence-electron chi connectivity index (χ0n) is 9.41. The standard InChI is InChI=1S/C14H12ClNO/c1-9-3-2-4-10(5-9)14(17)11-6-12(15)8-13(16)7-11/h2-8H,16H2,1H3. The average Bonchev–Trinajstić information content (AvgIpc) is 2.26. The van der Waals surface area contributed by atoms with Gasteiger partial charge in [0.1, 0.15) is 0 Å². The number of carbonyl (C=O) groups is 1. The molecule has 3 heteroatoms. The lowest BCUT2D eigenvalue weighted by molar-refractivity contribution is 0.103. The number of benzene rings is 2. The molecule has 2 aromatic carbocycles. The Bertz CT molecular complexity index is 558. The van der Waals surface area contributed by atoms with Crippen LogP contribution in [0.1, 0.15) is 21.5 Å². The maximum absolute atomic E-state index is 12.2. The van der Waals surface area contributed by atoms with Gasteiger partial charge in [0.25, 0.3) is 0 Å². The molecule has 0 aliphatic heterocycles. The molecule has 0 aromatic heterocycles. The summed E-state index contributed by atoms with van der Waals surface area (Å²) in [6.07, 6.45) is 0. The molecule has 0 aliphatic carbocycles. The highest BCUT2D eigenvalue weighted by atomic mass is 35.5. The van der Waals surface area contributed by atoms with Gasteiger partial charge in [-0.25, -0.2) is 0 Å². The maximum atomic E-state index is 12.2. The van der Waals surface area contributed by atoms with E-state index in [0.29, 0.717) is 21.8 Å². The van der Waals surface area contributed by atoms with Crippen LogP contribution in [0.15, 0.2) is 42.5 Å². The van der Waals surface area contributed by atoms with Gasteiger partial charge in [-0.2, -0.15) is 0 Å². The third kappa shape index (κ3) is 2.66. The highest BCUT2D eigenvalue weighted by Gasteiger charge is 2.10. The lowest BCUT2D eigenvalue weighted by Gasteiger charge is -2.04. The van der Waals surface area contributed by atoms with Crippen LogP contribution in [-0.2, 0) is 0 Å². The van der Waals surface area contributed by atoms with Gasteiger partial charge in [0.05, 0.1) is 0 Å². The van der Waals surface area contributed by atoms with Crippen molar-refractivity contribution in [1.29, 1.82) is 0 Å². The number of aryl methyl sites for hydroxylation is 1. The Balaban J connectivity index is 2.43. The second kappa shape index (κ2) is 4.60. The number of nitrogen functional groups attached to an aromatic ring is 1. The molecule has 2 rings (SSSR count). The van der Waals surface area contributed by atoms with Gasteiger partial charge in [0.15, 0.2) is 5.78 Å². The molecule has 86 valence electrons. The van der Waals surface area contributed by atoms with Crippen molar-refractivity contribution in [3.05, 3.63) is 64.2 Å². The summed E-state index contributed by atoms with van der Waals surface area (Å²) in [7, 11) is 0. The first-order chi connectivity index (χ1) is 8.06. The summed E-state index contributed by atoms with van der Waals surface area (Å²) in [5, 5.41) is 0.473. The van der Waals surface area contributed by atoms with Crippen molar-refractivity contribution in [2.24, 2.45) is 0 Å². The number of ketones is 1. The van der Waals surface area contributed by atoms with Gasteiger partial charge in [-0.05, 0) is 31.2 Å². The maximum Gasteiger partial charge on any atom is 0.193 e. The normalized spacial score (nSPS) is 10.2. The van der Waals surface area contributed by atoms with E-state index in [1.54, 1.807) is 24.3 Å². The lowest BCUT2D eigenvalue weighted by Crippen LogP contribution is -2.02. The van der Waals surface area contributed by atoms with Crippen LogP contribution in [0.25, 0.3) is 0 Å². The minimum atomic E-state index is -0.0668. The van der Waals surface area contributed by atoms with Gasteiger partial charge in [-0.3, -0.25) is 4.79 Å². The van der Waals surface area contributed by atoms with Crippen LogP contribution in [0.4, 0.5) is 5.69 Å². The smallest absolute Gasteiger partial charge is 0.193 e. The first kappa shape index (κ1) is 11.7. The van der Waals surface area contributed by atoms with E-state index in [2.05, 4.69) is 0 Å². The summed E-state index contributed by atoms with van der Waals surface area (Å²) in [6, 6.07) is 12.3. The largest absolute Gasteiger partial charge is 0.399 e. The summed E-state index contributed by atoms with van der Waals surface area (Å²) in [5.41, 5.74) is 8.37. The monoisotopic (exact) mass is 245 g/mol. The first-order valence-corrected chi connectivity index (χ1v) is 5.61. The van der Waals surface area contributed by atoms with E-state index in [0.717, 1.165) is 5.56 Å². The summed E-state index contributed by atoms with van der Waals surface area (Å²) >= 11 is 5.88. The molecule has 0 aliphatic rings. The van der Waals surface area contributed by atoms with Crippen LogP contribution in [0.2, 0.25) is 5.02 Å². The zero-order valence-corrected chi connectivity index (χ0v) is 10.2.